The van der Waals surface area contributed by atoms with E-state index in [0.29, 0.717) is 0 Å². The molecule has 0 saturated heterocycles. The summed E-state index contributed by atoms with van der Waals surface area (Å²) in [6.45, 7) is 1.93. The van der Waals surface area contributed by atoms with Crippen molar-refractivity contribution in [2.75, 3.05) is 6.61 Å². The van der Waals surface area contributed by atoms with Gasteiger partial charge in [-0.25, -0.2) is 0 Å². The maximum absolute atomic E-state index is 8.69. The summed E-state index contributed by atoms with van der Waals surface area (Å²) in [4.78, 5) is 0. The van der Waals surface area contributed by atoms with Crippen LogP contribution >= 0.6 is 0 Å². The Morgan fingerprint density at radius 1 is 1.38 bits per heavy atom. The van der Waals surface area contributed by atoms with Crippen LogP contribution in [0.4, 0.5) is 0 Å². The van der Waals surface area contributed by atoms with Crippen LogP contribution in [0.3, 0.4) is 0 Å². The fourth-order valence-electron chi connectivity index (χ4n) is 0. The first-order valence-electron chi connectivity index (χ1n) is 1.66. The average molecular weight is 166 g/mol. The summed E-state index contributed by atoms with van der Waals surface area (Å²) >= 11 is -5.38. The summed E-state index contributed by atoms with van der Waals surface area (Å²) in [5.74, 6) is 0. The molecule has 8 heavy (non-hydrogen) atoms. The van der Waals surface area contributed by atoms with E-state index in [2.05, 4.69) is 0 Å². The van der Waals surface area contributed by atoms with Crippen molar-refractivity contribution in [2.24, 2.45) is 0 Å². The normalized spacial score (nSPS) is 9.38. The molecule has 0 aromatic carbocycles. The first-order chi connectivity index (χ1) is 3.41. The van der Waals surface area contributed by atoms with Gasteiger partial charge in [-0.15, -0.1) is 0 Å². The van der Waals surface area contributed by atoms with Crippen LogP contribution in [0.1, 0.15) is 6.92 Å². The Hall–Kier alpha value is -0.161. The molecule has 0 aromatic rings. The van der Waals surface area contributed by atoms with E-state index in [9.17, 15) is 0 Å². The third-order valence-corrected chi connectivity index (χ3v) is 0. The van der Waals surface area contributed by atoms with Crippen molar-refractivity contribution in [1.82, 2.24) is 0 Å². The van der Waals surface area contributed by atoms with Crippen molar-refractivity contribution in [1.29, 1.82) is 0 Å². The molecule has 0 saturated carbocycles. The average Bonchev–Trinajstić information content (AvgIpc) is 1.27. The molecule has 2 N–H and O–H groups in total. The van der Waals surface area contributed by atoms with Crippen LogP contribution in [0.2, 0.25) is 0 Å². The number of aliphatic hydroxyl groups is 1. The Morgan fingerprint density at radius 2 is 1.38 bits per heavy atom. The molecular weight excluding hydrogens is 159 g/mol. The van der Waals surface area contributed by atoms with Crippen LogP contribution in [0, 0.1) is 0 Å². The van der Waals surface area contributed by atoms with E-state index < -0.39 is 13.0 Å². The first-order valence-corrected chi connectivity index (χ1v) is 3.63. The summed E-state index contributed by atoms with van der Waals surface area (Å²) in [7, 11) is 0. The molecule has 0 aliphatic carbocycles. The summed E-state index contributed by atoms with van der Waals surface area (Å²) in [6, 6.07) is 0. The molecule has 5 nitrogen and oxygen atoms in total. The molecule has 0 atom stereocenters. The second-order valence-electron chi connectivity index (χ2n) is 0.712. The maximum atomic E-state index is 8.69. The number of hydrogen-bond acceptors (Lipinski definition) is 4. The molecule has 0 unspecified atom stereocenters. The molecule has 0 amide bonds. The Morgan fingerprint density at radius 3 is 1.38 bits per heavy atom. The summed E-state index contributed by atoms with van der Waals surface area (Å²) in [5, 5.41) is 7.57. The van der Waals surface area contributed by atoms with Crippen molar-refractivity contribution < 1.29 is 33.8 Å². The number of hydrogen-bond donors (Lipinski definition) is 2. The second-order valence-corrected chi connectivity index (χ2v) is 1.95. The Bertz CT molecular complexity index is 143. The van der Waals surface area contributed by atoms with E-state index >= 15 is 0 Å². The van der Waals surface area contributed by atoms with E-state index in [4.69, 9.17) is 20.8 Å². The fourth-order valence-corrected chi connectivity index (χ4v) is 0. The van der Waals surface area contributed by atoms with E-state index in [1.807, 2.05) is 0 Å². The summed E-state index contributed by atoms with van der Waals surface area (Å²) < 4.78 is 33.1. The van der Waals surface area contributed by atoms with Gasteiger partial charge in [0.25, 0.3) is 0 Å². The molecule has 0 rings (SSSR count). The summed E-state index contributed by atoms with van der Waals surface area (Å²) in [5.41, 5.74) is 0. The van der Waals surface area contributed by atoms with Crippen LogP contribution in [0.5, 0.6) is 0 Å². The second kappa shape index (κ2) is 4.99. The molecule has 0 bridgehead atoms. The van der Waals surface area contributed by atoms with Crippen molar-refractivity contribution in [3.8, 4) is 0 Å². The van der Waals surface area contributed by atoms with E-state index in [1.165, 1.54) is 0 Å². The van der Waals surface area contributed by atoms with Crippen LogP contribution in [0.15, 0.2) is 0 Å². The Kier molecular flexibility index (Phi) is 6.70. The zero-order valence-electron chi connectivity index (χ0n) is 4.20. The number of aliphatic hydroxyl groups excluding tert-OH is 1. The molecular formula is C2H7MnO5. The molecule has 6 heteroatoms. The monoisotopic (exact) mass is 166 g/mol. The Labute approximate surface area is 48.1 Å². The predicted octanol–water partition coefficient (Wildman–Crippen LogP) is -0.917. The summed E-state index contributed by atoms with van der Waals surface area (Å²) in [6.07, 6.45) is 0. The molecule has 0 spiro atoms. The SMILES string of the molecule is CCO.[O]=[Mn](=[O])(=[O])[OH]. The van der Waals surface area contributed by atoms with Crippen LogP contribution in [-0.2, 0) is 24.5 Å². The molecule has 0 aromatic heterocycles. The van der Waals surface area contributed by atoms with Gasteiger partial charge in [0.1, 0.15) is 0 Å². The topological polar surface area (TPSA) is 91.7 Å². The number of rotatable bonds is 0. The van der Waals surface area contributed by atoms with Gasteiger partial charge >= 0.3 is 28.7 Å². The molecule has 52 valence electrons. The molecule has 0 heterocycles. The van der Waals surface area contributed by atoms with Gasteiger partial charge in [-0.05, 0) is 6.92 Å². The Balaban J connectivity index is 0. The first kappa shape index (κ1) is 10.8. The predicted molar refractivity (Wildman–Crippen MR) is 17.0 cm³/mol. The van der Waals surface area contributed by atoms with Gasteiger partial charge < -0.3 is 5.11 Å². The molecule has 0 aliphatic rings. The van der Waals surface area contributed by atoms with Gasteiger partial charge in [0.05, 0.1) is 0 Å². The van der Waals surface area contributed by atoms with Crippen LogP contribution in [0.25, 0.3) is 0 Å². The van der Waals surface area contributed by atoms with Gasteiger partial charge in [-0.3, -0.25) is 0 Å². The van der Waals surface area contributed by atoms with Crippen molar-refractivity contribution >= 4 is 0 Å². The standard InChI is InChI=1S/C2H6O.Mn.H2O.3O/c1-2-3;;;;;/h3H,2H2,1H3;;1H2;;;/q;+1;;;;/p-1. The quantitative estimate of drug-likeness (QED) is 0.454. The zero-order valence-corrected chi connectivity index (χ0v) is 5.38. The minimum atomic E-state index is -5.38. The van der Waals surface area contributed by atoms with Gasteiger partial charge in [-0.2, -0.15) is 0 Å². The van der Waals surface area contributed by atoms with Gasteiger partial charge in [0.2, 0.25) is 0 Å². The van der Waals surface area contributed by atoms with Crippen LogP contribution < -0.4 is 0 Å². The van der Waals surface area contributed by atoms with Crippen molar-refractivity contribution in [3.05, 3.63) is 0 Å². The molecule has 0 aliphatic heterocycles. The van der Waals surface area contributed by atoms with E-state index in [0.717, 1.165) is 0 Å². The van der Waals surface area contributed by atoms with E-state index in [1.54, 1.807) is 6.92 Å². The van der Waals surface area contributed by atoms with Gasteiger partial charge in [-0.1, -0.05) is 0 Å². The molecule has 0 fully saturated rings. The third-order valence-electron chi connectivity index (χ3n) is 0. The van der Waals surface area contributed by atoms with Gasteiger partial charge in [0, 0.05) is 6.61 Å². The van der Waals surface area contributed by atoms with Gasteiger partial charge in [0.15, 0.2) is 0 Å². The minimum absolute atomic E-state index is 0.250. The third kappa shape index (κ3) is 5310. The van der Waals surface area contributed by atoms with Crippen molar-refractivity contribution in [3.63, 3.8) is 0 Å². The molecule has 0 radical (unpaired) electrons. The van der Waals surface area contributed by atoms with E-state index in [-0.39, 0.29) is 6.61 Å². The zero-order chi connectivity index (χ0) is 7.21. The van der Waals surface area contributed by atoms with Crippen molar-refractivity contribution in [2.45, 2.75) is 6.92 Å². The fraction of sp³-hybridized carbons (Fsp3) is 1.00. The van der Waals surface area contributed by atoms with Crippen LogP contribution in [-0.4, -0.2) is 15.9 Å².